The van der Waals surface area contributed by atoms with Gasteiger partial charge in [0.2, 0.25) is 0 Å². The molecule has 0 aromatic heterocycles. The number of anilines is 1. The summed E-state index contributed by atoms with van der Waals surface area (Å²) in [4.78, 5) is 2.20. The number of halogens is 1. The molecule has 0 aliphatic rings. The first-order valence-corrected chi connectivity index (χ1v) is 6.93. The zero-order valence-electron chi connectivity index (χ0n) is 11.7. The van der Waals surface area contributed by atoms with E-state index in [-0.39, 0.29) is 5.84 Å². The lowest BCUT2D eigenvalue weighted by Crippen LogP contribution is -2.30. The smallest absolute Gasteiger partial charge is 0.172 e. The largest absolute Gasteiger partial charge is 0.409 e. The molecule has 0 spiro atoms. The van der Waals surface area contributed by atoms with Crippen LogP contribution in [0.2, 0.25) is 5.02 Å². The topological polar surface area (TPSA) is 61.8 Å². The summed E-state index contributed by atoms with van der Waals surface area (Å²) in [6.07, 6.45) is 1.11. The molecule has 1 aromatic carbocycles. The summed E-state index contributed by atoms with van der Waals surface area (Å²) >= 11 is 6.07. The van der Waals surface area contributed by atoms with E-state index in [2.05, 4.69) is 30.8 Å². The van der Waals surface area contributed by atoms with Crippen LogP contribution >= 0.6 is 11.6 Å². The second kappa shape index (κ2) is 7.24. The van der Waals surface area contributed by atoms with Crippen molar-refractivity contribution in [2.75, 3.05) is 18.0 Å². The van der Waals surface area contributed by atoms with Crippen molar-refractivity contribution in [1.29, 1.82) is 0 Å². The van der Waals surface area contributed by atoms with Crippen molar-refractivity contribution in [3.63, 3.8) is 0 Å². The molecule has 0 heterocycles. The Labute approximate surface area is 119 Å². The van der Waals surface area contributed by atoms with Crippen LogP contribution in [0.1, 0.15) is 32.8 Å². The number of hydrogen-bond donors (Lipinski definition) is 2. The predicted molar refractivity (Wildman–Crippen MR) is 81.3 cm³/mol. The number of nitrogens with zero attached hydrogens (tertiary/aromatic N) is 2. The second-order valence-electron chi connectivity index (χ2n) is 4.70. The van der Waals surface area contributed by atoms with Gasteiger partial charge < -0.3 is 15.8 Å². The highest BCUT2D eigenvalue weighted by Gasteiger charge is 2.15. The molecule has 0 radical (unpaired) electrons. The molecular weight excluding hydrogens is 262 g/mol. The number of nitrogens with two attached hydrogens (primary N) is 1. The van der Waals surface area contributed by atoms with Gasteiger partial charge in [0.25, 0.3) is 0 Å². The van der Waals surface area contributed by atoms with E-state index >= 15 is 0 Å². The molecule has 0 saturated heterocycles. The van der Waals surface area contributed by atoms with Gasteiger partial charge in [0.05, 0.1) is 0 Å². The third kappa shape index (κ3) is 4.03. The molecule has 1 rings (SSSR count). The van der Waals surface area contributed by atoms with Crippen LogP contribution in [0.4, 0.5) is 5.69 Å². The molecule has 1 aromatic rings. The van der Waals surface area contributed by atoms with E-state index < -0.39 is 0 Å². The van der Waals surface area contributed by atoms with Crippen molar-refractivity contribution < 1.29 is 5.21 Å². The van der Waals surface area contributed by atoms with Crippen molar-refractivity contribution in [3.05, 3.63) is 28.8 Å². The maximum Gasteiger partial charge on any atom is 0.172 e. The molecule has 106 valence electrons. The maximum absolute atomic E-state index is 8.88. The van der Waals surface area contributed by atoms with Gasteiger partial charge in [0, 0.05) is 29.4 Å². The Kier molecular flexibility index (Phi) is 5.96. The van der Waals surface area contributed by atoms with Crippen molar-refractivity contribution in [3.8, 4) is 0 Å². The fourth-order valence-corrected chi connectivity index (χ4v) is 2.11. The lowest BCUT2D eigenvalue weighted by molar-refractivity contribution is 0.318. The molecule has 0 amide bonds. The van der Waals surface area contributed by atoms with Gasteiger partial charge in [0.1, 0.15) is 0 Å². The molecular formula is C14H22ClN3O. The van der Waals surface area contributed by atoms with Gasteiger partial charge in [-0.25, -0.2) is 0 Å². The van der Waals surface area contributed by atoms with Gasteiger partial charge >= 0.3 is 0 Å². The van der Waals surface area contributed by atoms with Crippen molar-refractivity contribution >= 4 is 23.1 Å². The number of rotatable bonds is 6. The monoisotopic (exact) mass is 283 g/mol. The summed E-state index contributed by atoms with van der Waals surface area (Å²) in [5, 5.41) is 12.6. The lowest BCUT2D eigenvalue weighted by Gasteiger charge is -2.28. The van der Waals surface area contributed by atoms with E-state index in [9.17, 15) is 0 Å². The first-order chi connectivity index (χ1) is 9.03. The van der Waals surface area contributed by atoms with Gasteiger partial charge in [-0.1, -0.05) is 37.0 Å². The third-order valence-corrected chi connectivity index (χ3v) is 3.53. The SMILES string of the molecule is CCC(C)CN(CC)c1cc(Cl)ccc1C(N)=NO. The fourth-order valence-electron chi connectivity index (χ4n) is 1.94. The molecule has 0 saturated carbocycles. The minimum absolute atomic E-state index is 0.106. The van der Waals surface area contributed by atoms with Crippen molar-refractivity contribution in [2.24, 2.45) is 16.8 Å². The van der Waals surface area contributed by atoms with Crippen LogP contribution in [0.5, 0.6) is 0 Å². The predicted octanol–water partition coefficient (Wildman–Crippen LogP) is 3.31. The molecule has 5 heteroatoms. The molecule has 3 N–H and O–H groups in total. The average Bonchev–Trinajstić information content (AvgIpc) is 2.43. The first-order valence-electron chi connectivity index (χ1n) is 6.55. The lowest BCUT2D eigenvalue weighted by atomic mass is 10.1. The fraction of sp³-hybridized carbons (Fsp3) is 0.500. The first kappa shape index (κ1) is 15.6. The Morgan fingerprint density at radius 3 is 2.68 bits per heavy atom. The Balaban J connectivity index is 3.17. The highest BCUT2D eigenvalue weighted by molar-refractivity contribution is 6.31. The van der Waals surface area contributed by atoms with Gasteiger partial charge in [0.15, 0.2) is 5.84 Å². The summed E-state index contributed by atoms with van der Waals surface area (Å²) in [6, 6.07) is 5.39. The molecule has 1 unspecified atom stereocenters. The van der Waals surface area contributed by atoms with Crippen LogP contribution in [0.25, 0.3) is 0 Å². The van der Waals surface area contributed by atoms with Crippen LogP contribution in [-0.4, -0.2) is 24.1 Å². The van der Waals surface area contributed by atoms with Crippen LogP contribution in [0.15, 0.2) is 23.4 Å². The van der Waals surface area contributed by atoms with E-state index in [1.165, 1.54) is 0 Å². The normalized spacial score (nSPS) is 13.4. The van der Waals surface area contributed by atoms with Crippen LogP contribution < -0.4 is 10.6 Å². The number of hydrogen-bond acceptors (Lipinski definition) is 3. The molecule has 1 atom stereocenters. The number of amidine groups is 1. The molecule has 0 aliphatic heterocycles. The highest BCUT2D eigenvalue weighted by atomic mass is 35.5. The van der Waals surface area contributed by atoms with Crippen molar-refractivity contribution in [1.82, 2.24) is 0 Å². The second-order valence-corrected chi connectivity index (χ2v) is 5.14. The Morgan fingerprint density at radius 1 is 1.47 bits per heavy atom. The van der Waals surface area contributed by atoms with E-state index in [0.717, 1.165) is 25.2 Å². The summed E-state index contributed by atoms with van der Waals surface area (Å²) in [5.41, 5.74) is 7.34. The maximum atomic E-state index is 8.88. The zero-order valence-corrected chi connectivity index (χ0v) is 12.5. The molecule has 19 heavy (non-hydrogen) atoms. The summed E-state index contributed by atoms with van der Waals surface area (Å²) in [7, 11) is 0. The van der Waals surface area contributed by atoms with Crippen LogP contribution in [0, 0.1) is 5.92 Å². The van der Waals surface area contributed by atoms with Crippen molar-refractivity contribution in [2.45, 2.75) is 27.2 Å². The summed E-state index contributed by atoms with van der Waals surface area (Å²) < 4.78 is 0. The third-order valence-electron chi connectivity index (χ3n) is 3.29. The van der Waals surface area contributed by atoms with Crippen LogP contribution in [0.3, 0.4) is 0 Å². The van der Waals surface area contributed by atoms with E-state index in [0.29, 0.717) is 16.5 Å². The average molecular weight is 284 g/mol. The Hall–Kier alpha value is -1.42. The van der Waals surface area contributed by atoms with Gasteiger partial charge in [-0.3, -0.25) is 0 Å². The Bertz CT molecular complexity index is 448. The standard InChI is InChI=1S/C14H22ClN3O/c1-4-10(3)9-18(5-2)13-8-11(15)6-7-12(13)14(16)17-19/h6-8,10,19H,4-5,9H2,1-3H3,(H2,16,17). The number of benzene rings is 1. The Morgan fingerprint density at radius 2 is 2.16 bits per heavy atom. The van der Waals surface area contributed by atoms with Crippen LogP contribution in [-0.2, 0) is 0 Å². The molecule has 0 fully saturated rings. The number of oxime groups is 1. The zero-order chi connectivity index (χ0) is 14.4. The summed E-state index contributed by atoms with van der Waals surface area (Å²) in [5.74, 6) is 0.674. The molecule has 0 aliphatic carbocycles. The summed E-state index contributed by atoms with van der Waals surface area (Å²) in [6.45, 7) is 8.21. The van der Waals surface area contributed by atoms with E-state index in [4.69, 9.17) is 22.5 Å². The quantitative estimate of drug-likeness (QED) is 0.364. The van der Waals surface area contributed by atoms with Gasteiger partial charge in [-0.05, 0) is 31.0 Å². The minimum Gasteiger partial charge on any atom is -0.409 e. The van der Waals surface area contributed by atoms with Gasteiger partial charge in [-0.15, -0.1) is 0 Å². The van der Waals surface area contributed by atoms with E-state index in [1.54, 1.807) is 12.1 Å². The molecule has 4 nitrogen and oxygen atoms in total. The van der Waals surface area contributed by atoms with Gasteiger partial charge in [-0.2, -0.15) is 0 Å². The van der Waals surface area contributed by atoms with E-state index in [1.807, 2.05) is 6.07 Å². The highest BCUT2D eigenvalue weighted by Crippen LogP contribution is 2.26. The molecule has 0 bridgehead atoms. The minimum atomic E-state index is 0.106.